The van der Waals surface area contributed by atoms with Crippen LogP contribution in [0.25, 0.3) is 0 Å². The normalized spacial score (nSPS) is 16.9. The summed E-state index contributed by atoms with van der Waals surface area (Å²) in [6.07, 6.45) is 2.12. The molecule has 3 rings (SSSR count). The number of fused-ring (bicyclic) bond motifs is 1. The van der Waals surface area contributed by atoms with Gasteiger partial charge in [0, 0.05) is 36.2 Å². The predicted molar refractivity (Wildman–Crippen MR) is 71.6 cm³/mol. The van der Waals surface area contributed by atoms with Gasteiger partial charge in [0.1, 0.15) is 17.7 Å². The maximum absolute atomic E-state index is 13.8. The summed E-state index contributed by atoms with van der Waals surface area (Å²) in [5.74, 6) is -2.29. The minimum atomic E-state index is -0.960. The molecule has 1 aromatic heterocycles. The van der Waals surface area contributed by atoms with Crippen LogP contribution in [0.4, 0.5) is 8.78 Å². The van der Waals surface area contributed by atoms with Gasteiger partial charge in [0.15, 0.2) is 0 Å². The standard InChI is InChI=1S/C14H9F2N3OS/c15-8-5-9-11(7-17)19(3-1-12-18-2-4-21-12)14(20)13(9)10(16)6-8/h2,4-6,11H,1,3H2. The Morgan fingerprint density at radius 2 is 2.24 bits per heavy atom. The van der Waals surface area contributed by atoms with Crippen LogP contribution >= 0.6 is 11.3 Å². The molecule has 1 aliphatic heterocycles. The Balaban J connectivity index is 1.92. The van der Waals surface area contributed by atoms with Gasteiger partial charge in [-0.15, -0.1) is 11.3 Å². The van der Waals surface area contributed by atoms with Gasteiger partial charge in [-0.05, 0) is 6.07 Å². The molecule has 21 heavy (non-hydrogen) atoms. The second kappa shape index (κ2) is 5.22. The third-order valence-corrected chi connectivity index (χ3v) is 4.18. The van der Waals surface area contributed by atoms with Crippen molar-refractivity contribution in [2.24, 2.45) is 0 Å². The van der Waals surface area contributed by atoms with Crippen molar-refractivity contribution in [3.63, 3.8) is 0 Å². The number of thiazole rings is 1. The Hall–Kier alpha value is -2.33. The van der Waals surface area contributed by atoms with Gasteiger partial charge in [-0.1, -0.05) is 0 Å². The van der Waals surface area contributed by atoms with Crippen molar-refractivity contribution in [2.75, 3.05) is 6.54 Å². The van der Waals surface area contributed by atoms with E-state index in [9.17, 15) is 18.8 Å². The molecule has 2 heterocycles. The lowest BCUT2D eigenvalue weighted by atomic mass is 10.0. The zero-order valence-corrected chi connectivity index (χ0v) is 11.5. The molecule has 0 spiro atoms. The first-order valence-electron chi connectivity index (χ1n) is 6.19. The smallest absolute Gasteiger partial charge is 0.258 e. The second-order valence-corrected chi connectivity index (χ2v) is 5.54. The minimum Gasteiger partial charge on any atom is -0.318 e. The summed E-state index contributed by atoms with van der Waals surface area (Å²) in [6, 6.07) is 2.69. The fraction of sp³-hybridized carbons (Fsp3) is 0.214. The summed E-state index contributed by atoms with van der Waals surface area (Å²) in [4.78, 5) is 17.6. The molecule has 0 fully saturated rings. The van der Waals surface area contributed by atoms with E-state index in [0.717, 1.165) is 11.1 Å². The highest BCUT2D eigenvalue weighted by Gasteiger charge is 2.39. The van der Waals surface area contributed by atoms with Gasteiger partial charge in [0.2, 0.25) is 0 Å². The highest BCUT2D eigenvalue weighted by atomic mass is 32.1. The van der Waals surface area contributed by atoms with E-state index < -0.39 is 23.6 Å². The van der Waals surface area contributed by atoms with Crippen molar-refractivity contribution in [3.05, 3.63) is 51.5 Å². The van der Waals surface area contributed by atoms with Crippen LogP contribution in [-0.4, -0.2) is 22.3 Å². The SMILES string of the molecule is N#CC1c2cc(F)cc(F)c2C(=O)N1CCc1nccs1. The van der Waals surface area contributed by atoms with E-state index in [0.29, 0.717) is 12.5 Å². The van der Waals surface area contributed by atoms with Crippen molar-refractivity contribution in [1.82, 2.24) is 9.88 Å². The molecule has 7 heteroatoms. The molecular formula is C14H9F2N3OS. The topological polar surface area (TPSA) is 57.0 Å². The third-order valence-electron chi connectivity index (χ3n) is 3.34. The van der Waals surface area contributed by atoms with Gasteiger partial charge < -0.3 is 4.90 Å². The minimum absolute atomic E-state index is 0.0964. The number of nitriles is 1. The number of carbonyl (C=O) groups is 1. The first-order valence-corrected chi connectivity index (χ1v) is 7.07. The van der Waals surface area contributed by atoms with Gasteiger partial charge in [-0.3, -0.25) is 4.79 Å². The lowest BCUT2D eigenvalue weighted by Crippen LogP contribution is -2.29. The van der Waals surface area contributed by atoms with Crippen molar-refractivity contribution in [3.8, 4) is 6.07 Å². The summed E-state index contributed by atoms with van der Waals surface area (Å²) >= 11 is 1.44. The van der Waals surface area contributed by atoms with E-state index >= 15 is 0 Å². The van der Waals surface area contributed by atoms with E-state index in [4.69, 9.17) is 0 Å². The molecule has 0 radical (unpaired) electrons. The molecule has 1 amide bonds. The molecule has 1 atom stereocenters. The van der Waals surface area contributed by atoms with E-state index in [-0.39, 0.29) is 17.7 Å². The Labute approximate surface area is 123 Å². The second-order valence-electron chi connectivity index (χ2n) is 4.56. The number of hydrogen-bond acceptors (Lipinski definition) is 4. The Bertz CT molecular complexity index is 739. The van der Waals surface area contributed by atoms with Gasteiger partial charge in [0.25, 0.3) is 5.91 Å². The number of amides is 1. The number of rotatable bonds is 3. The molecule has 0 N–H and O–H groups in total. The van der Waals surface area contributed by atoms with Crippen LogP contribution in [-0.2, 0) is 6.42 Å². The monoisotopic (exact) mass is 305 g/mol. The highest BCUT2D eigenvalue weighted by Crippen LogP contribution is 2.35. The maximum atomic E-state index is 13.8. The molecule has 2 aromatic rings. The zero-order valence-electron chi connectivity index (χ0n) is 10.7. The zero-order chi connectivity index (χ0) is 15.0. The summed E-state index contributed by atoms with van der Waals surface area (Å²) in [6.45, 7) is 0.236. The number of carbonyl (C=O) groups excluding carboxylic acids is 1. The van der Waals surface area contributed by atoms with Crippen LogP contribution in [0.3, 0.4) is 0 Å². The molecule has 0 saturated heterocycles. The summed E-state index contributed by atoms with van der Waals surface area (Å²) in [5, 5.41) is 11.9. The third kappa shape index (κ3) is 2.28. The van der Waals surface area contributed by atoms with E-state index in [2.05, 4.69) is 4.98 Å². The van der Waals surface area contributed by atoms with Crippen molar-refractivity contribution >= 4 is 17.2 Å². The molecule has 0 saturated carbocycles. The summed E-state index contributed by atoms with van der Waals surface area (Å²) in [5.41, 5.74) is -0.110. The number of halogens is 2. The molecule has 4 nitrogen and oxygen atoms in total. The molecule has 1 aliphatic rings. The molecule has 1 aromatic carbocycles. The van der Waals surface area contributed by atoms with Gasteiger partial charge in [0.05, 0.1) is 16.6 Å². The fourth-order valence-corrected chi connectivity index (χ4v) is 3.04. The molecule has 0 aliphatic carbocycles. The van der Waals surface area contributed by atoms with Gasteiger partial charge in [-0.25, -0.2) is 13.8 Å². The first-order chi connectivity index (χ1) is 10.1. The predicted octanol–water partition coefficient (Wildman–Crippen LogP) is 2.68. The molecule has 0 bridgehead atoms. The van der Waals surface area contributed by atoms with E-state index in [1.807, 2.05) is 11.4 Å². The largest absolute Gasteiger partial charge is 0.318 e. The van der Waals surface area contributed by atoms with Crippen LogP contribution in [0.2, 0.25) is 0 Å². The maximum Gasteiger partial charge on any atom is 0.258 e. The van der Waals surface area contributed by atoms with Gasteiger partial charge in [-0.2, -0.15) is 5.26 Å². The van der Waals surface area contributed by atoms with Crippen molar-refractivity contribution in [2.45, 2.75) is 12.5 Å². The lowest BCUT2D eigenvalue weighted by molar-refractivity contribution is 0.0756. The van der Waals surface area contributed by atoms with Crippen LogP contribution in [0.15, 0.2) is 23.7 Å². The van der Waals surface area contributed by atoms with E-state index in [1.54, 1.807) is 6.20 Å². The van der Waals surface area contributed by atoms with Crippen LogP contribution in [0, 0.1) is 23.0 Å². The van der Waals surface area contributed by atoms with Gasteiger partial charge >= 0.3 is 0 Å². The quantitative estimate of drug-likeness (QED) is 0.876. The summed E-state index contributed by atoms with van der Waals surface area (Å²) < 4.78 is 27.1. The molecular weight excluding hydrogens is 296 g/mol. The molecule has 106 valence electrons. The number of hydrogen-bond donors (Lipinski definition) is 0. The average molecular weight is 305 g/mol. The highest BCUT2D eigenvalue weighted by molar-refractivity contribution is 7.09. The van der Waals surface area contributed by atoms with Crippen LogP contribution in [0.1, 0.15) is 27.0 Å². The molecule has 1 unspecified atom stereocenters. The Kier molecular flexibility index (Phi) is 3.39. The lowest BCUT2D eigenvalue weighted by Gasteiger charge is -2.19. The number of nitrogens with zero attached hydrogens (tertiary/aromatic N) is 3. The Morgan fingerprint density at radius 3 is 2.90 bits per heavy atom. The fourth-order valence-electron chi connectivity index (χ4n) is 2.43. The number of benzene rings is 1. The van der Waals surface area contributed by atoms with E-state index in [1.165, 1.54) is 16.2 Å². The van der Waals surface area contributed by atoms with Crippen molar-refractivity contribution in [1.29, 1.82) is 5.26 Å². The van der Waals surface area contributed by atoms with Crippen LogP contribution in [0.5, 0.6) is 0 Å². The first kappa shape index (κ1) is 13.6. The van der Waals surface area contributed by atoms with Crippen molar-refractivity contribution < 1.29 is 13.6 Å². The number of aromatic nitrogens is 1. The summed E-state index contributed by atoms with van der Waals surface area (Å²) in [7, 11) is 0. The van der Waals surface area contributed by atoms with Crippen LogP contribution < -0.4 is 0 Å². The average Bonchev–Trinajstić information content (AvgIpc) is 3.03. The Morgan fingerprint density at radius 1 is 1.43 bits per heavy atom.